The lowest BCUT2D eigenvalue weighted by atomic mass is 9.90. The van der Waals surface area contributed by atoms with Gasteiger partial charge in [0.15, 0.2) is 0 Å². The van der Waals surface area contributed by atoms with Crippen molar-refractivity contribution in [2.24, 2.45) is 5.92 Å². The van der Waals surface area contributed by atoms with E-state index in [0.717, 1.165) is 5.92 Å². The van der Waals surface area contributed by atoms with Crippen molar-refractivity contribution in [1.29, 1.82) is 0 Å². The lowest BCUT2D eigenvalue weighted by Crippen LogP contribution is -2.46. The van der Waals surface area contributed by atoms with E-state index in [1.165, 1.54) is 12.8 Å². The molecule has 0 atom stereocenters. The summed E-state index contributed by atoms with van der Waals surface area (Å²) in [6, 6.07) is 0. The molecule has 0 unspecified atom stereocenters. The van der Waals surface area contributed by atoms with E-state index in [0.29, 0.717) is 0 Å². The second-order valence-corrected chi connectivity index (χ2v) is 4.85. The van der Waals surface area contributed by atoms with Crippen molar-refractivity contribution in [2.45, 2.75) is 51.7 Å². The van der Waals surface area contributed by atoms with E-state index < -0.39 is 11.2 Å². The van der Waals surface area contributed by atoms with E-state index >= 15 is 0 Å². The lowest BCUT2D eigenvalue weighted by Gasteiger charge is -2.36. The number of rotatable bonds is 4. The van der Waals surface area contributed by atoms with Gasteiger partial charge >= 0.3 is 0 Å². The van der Waals surface area contributed by atoms with Gasteiger partial charge in [-0.15, -0.1) is 0 Å². The summed E-state index contributed by atoms with van der Waals surface area (Å²) >= 11 is 0. The molecule has 1 fully saturated rings. The van der Waals surface area contributed by atoms with Gasteiger partial charge in [-0.25, -0.2) is 0 Å². The highest BCUT2D eigenvalue weighted by molar-refractivity contribution is 4.95. The molecule has 0 spiro atoms. The number of ether oxygens (including phenoxy) is 1. The van der Waals surface area contributed by atoms with Gasteiger partial charge in [0.25, 0.3) is 0 Å². The third kappa shape index (κ3) is 3.03. The summed E-state index contributed by atoms with van der Waals surface area (Å²) in [7, 11) is 0. The molecule has 0 aromatic carbocycles. The van der Waals surface area contributed by atoms with Gasteiger partial charge in [-0.3, -0.25) is 0 Å². The molecule has 0 aromatic heterocycles. The van der Waals surface area contributed by atoms with Crippen molar-refractivity contribution in [3.63, 3.8) is 0 Å². The SMILES string of the molecule is CC(C)(O)C(C)(C)O/C=C/C1CC1. The van der Waals surface area contributed by atoms with Gasteiger partial charge in [-0.05, 0) is 52.5 Å². The van der Waals surface area contributed by atoms with Crippen LogP contribution in [-0.2, 0) is 4.74 Å². The van der Waals surface area contributed by atoms with E-state index in [1.807, 2.05) is 13.8 Å². The van der Waals surface area contributed by atoms with Crippen molar-refractivity contribution in [3.8, 4) is 0 Å². The van der Waals surface area contributed by atoms with Crippen LogP contribution in [0.25, 0.3) is 0 Å². The molecule has 0 amide bonds. The maximum absolute atomic E-state index is 9.77. The first-order valence-corrected chi connectivity index (χ1v) is 4.90. The van der Waals surface area contributed by atoms with E-state index in [4.69, 9.17) is 4.74 Å². The molecule has 2 nitrogen and oxygen atoms in total. The number of allylic oxidation sites excluding steroid dienone is 1. The third-order valence-corrected chi connectivity index (χ3v) is 2.81. The lowest BCUT2D eigenvalue weighted by molar-refractivity contribution is -0.114. The molecule has 1 aliphatic carbocycles. The van der Waals surface area contributed by atoms with Gasteiger partial charge in [0.2, 0.25) is 0 Å². The Morgan fingerprint density at radius 3 is 2.15 bits per heavy atom. The first kappa shape index (κ1) is 10.6. The molecule has 1 saturated carbocycles. The van der Waals surface area contributed by atoms with Gasteiger partial charge in [-0.2, -0.15) is 0 Å². The number of hydrogen-bond acceptors (Lipinski definition) is 2. The smallest absolute Gasteiger partial charge is 0.130 e. The molecule has 1 rings (SSSR count). The van der Waals surface area contributed by atoms with Crippen LogP contribution in [0.1, 0.15) is 40.5 Å². The summed E-state index contributed by atoms with van der Waals surface area (Å²) < 4.78 is 5.51. The van der Waals surface area contributed by atoms with Gasteiger partial charge in [0.1, 0.15) is 5.60 Å². The predicted molar refractivity (Wildman–Crippen MR) is 53.3 cm³/mol. The van der Waals surface area contributed by atoms with Gasteiger partial charge in [0, 0.05) is 0 Å². The highest BCUT2D eigenvalue weighted by atomic mass is 16.5. The second kappa shape index (κ2) is 3.33. The van der Waals surface area contributed by atoms with Crippen LogP contribution in [0.3, 0.4) is 0 Å². The zero-order valence-electron chi connectivity index (χ0n) is 9.00. The summed E-state index contributed by atoms with van der Waals surface area (Å²) in [5.74, 6) is 0.720. The van der Waals surface area contributed by atoms with Crippen molar-refractivity contribution < 1.29 is 9.84 Å². The first-order valence-electron chi connectivity index (χ1n) is 4.90. The normalized spacial score (nSPS) is 19.5. The molecule has 1 aliphatic rings. The van der Waals surface area contributed by atoms with Crippen LogP contribution in [0, 0.1) is 5.92 Å². The molecule has 0 heterocycles. The average molecular weight is 184 g/mol. The monoisotopic (exact) mass is 184 g/mol. The average Bonchev–Trinajstić information content (AvgIpc) is 2.68. The minimum atomic E-state index is -0.819. The Kier molecular flexibility index (Phi) is 2.71. The van der Waals surface area contributed by atoms with Crippen molar-refractivity contribution in [1.82, 2.24) is 0 Å². The van der Waals surface area contributed by atoms with Crippen LogP contribution in [0.2, 0.25) is 0 Å². The largest absolute Gasteiger partial charge is 0.493 e. The Morgan fingerprint density at radius 2 is 1.77 bits per heavy atom. The van der Waals surface area contributed by atoms with Crippen LogP contribution in [0.15, 0.2) is 12.3 Å². The summed E-state index contributed by atoms with van der Waals surface area (Å²) in [6.45, 7) is 7.31. The maximum Gasteiger partial charge on any atom is 0.130 e. The van der Waals surface area contributed by atoms with E-state index in [-0.39, 0.29) is 0 Å². The van der Waals surface area contributed by atoms with Gasteiger partial charge in [-0.1, -0.05) is 0 Å². The molecular formula is C11H20O2. The van der Waals surface area contributed by atoms with E-state index in [1.54, 1.807) is 20.1 Å². The Hall–Kier alpha value is -0.500. The molecule has 1 N–H and O–H groups in total. The fourth-order valence-corrected chi connectivity index (χ4v) is 0.753. The molecule has 0 aliphatic heterocycles. The zero-order chi connectivity index (χ0) is 10.1. The topological polar surface area (TPSA) is 29.5 Å². The third-order valence-electron chi connectivity index (χ3n) is 2.81. The van der Waals surface area contributed by atoms with Crippen molar-refractivity contribution in [2.75, 3.05) is 0 Å². The standard InChI is InChI=1S/C11H20O2/c1-10(2,12)11(3,4)13-8-7-9-5-6-9/h7-9,12H,5-6H2,1-4H3/b8-7+. The Balaban J connectivity index is 2.40. The Labute approximate surface area is 80.6 Å². The van der Waals surface area contributed by atoms with Gasteiger partial charge < -0.3 is 9.84 Å². The first-order chi connectivity index (χ1) is 5.83. The molecule has 0 aromatic rings. The fraction of sp³-hybridized carbons (Fsp3) is 0.818. The predicted octanol–water partition coefficient (Wildman–Crippen LogP) is 2.48. The van der Waals surface area contributed by atoms with Crippen LogP contribution < -0.4 is 0 Å². The zero-order valence-corrected chi connectivity index (χ0v) is 9.00. The molecule has 2 heteroatoms. The van der Waals surface area contributed by atoms with Crippen LogP contribution in [-0.4, -0.2) is 16.3 Å². The van der Waals surface area contributed by atoms with Crippen LogP contribution in [0.4, 0.5) is 0 Å². The quantitative estimate of drug-likeness (QED) is 0.680. The highest BCUT2D eigenvalue weighted by Gasteiger charge is 2.36. The minimum absolute atomic E-state index is 0.529. The summed E-state index contributed by atoms with van der Waals surface area (Å²) in [5.41, 5.74) is -1.35. The molecule has 0 radical (unpaired) electrons. The fourth-order valence-electron chi connectivity index (χ4n) is 0.753. The highest BCUT2D eigenvalue weighted by Crippen LogP contribution is 2.31. The molecular weight excluding hydrogens is 164 g/mol. The Bertz CT molecular complexity index is 195. The Morgan fingerprint density at radius 1 is 1.23 bits per heavy atom. The van der Waals surface area contributed by atoms with Crippen molar-refractivity contribution in [3.05, 3.63) is 12.3 Å². The van der Waals surface area contributed by atoms with E-state index in [2.05, 4.69) is 6.08 Å². The molecule has 0 bridgehead atoms. The summed E-state index contributed by atoms with van der Waals surface area (Å²) in [5, 5.41) is 9.77. The summed E-state index contributed by atoms with van der Waals surface area (Å²) in [4.78, 5) is 0. The van der Waals surface area contributed by atoms with Crippen LogP contribution in [0.5, 0.6) is 0 Å². The molecule has 0 saturated heterocycles. The number of hydrogen-bond donors (Lipinski definition) is 1. The van der Waals surface area contributed by atoms with Crippen LogP contribution >= 0.6 is 0 Å². The molecule has 13 heavy (non-hydrogen) atoms. The van der Waals surface area contributed by atoms with Crippen molar-refractivity contribution >= 4 is 0 Å². The second-order valence-electron chi connectivity index (χ2n) is 4.85. The number of aliphatic hydroxyl groups is 1. The van der Waals surface area contributed by atoms with Gasteiger partial charge in [0.05, 0.1) is 11.9 Å². The minimum Gasteiger partial charge on any atom is -0.493 e. The maximum atomic E-state index is 9.77. The summed E-state index contributed by atoms with van der Waals surface area (Å²) in [6.07, 6.45) is 6.37. The van der Waals surface area contributed by atoms with E-state index in [9.17, 15) is 5.11 Å². The molecule has 76 valence electrons.